The van der Waals surface area contributed by atoms with E-state index in [0.717, 1.165) is 52.0 Å². The third kappa shape index (κ3) is 9.05. The van der Waals surface area contributed by atoms with Gasteiger partial charge in [-0.1, -0.05) is 13.8 Å². The maximum absolute atomic E-state index is 12.1. The molecule has 0 aromatic rings. The topological polar surface area (TPSA) is 66.0 Å². The van der Waals surface area contributed by atoms with E-state index in [9.17, 15) is 4.79 Å². The summed E-state index contributed by atoms with van der Waals surface area (Å²) in [6.07, 6.45) is 3.40. The van der Waals surface area contributed by atoms with Gasteiger partial charge in [0.15, 0.2) is 5.96 Å². The minimum absolute atomic E-state index is 0. The lowest BCUT2D eigenvalue weighted by atomic mass is 10.0. The standard InChI is InChI=1S/C17H34N4O2.HI/c1-5-18-17(19-10-9-15(14(3)4)23-6-2)20-13-16(22)21-11-7-8-12-21;/h14-15H,5-13H2,1-4H3,(H2,18,19,20);1H. The SMILES string of the molecule is CCNC(=NCC(=O)N1CCCC1)NCCC(OCC)C(C)C.I. The van der Waals surface area contributed by atoms with Crippen LogP contribution in [-0.4, -0.2) is 62.2 Å². The van der Waals surface area contributed by atoms with E-state index >= 15 is 0 Å². The minimum Gasteiger partial charge on any atom is -0.378 e. The second-order valence-electron chi connectivity index (χ2n) is 6.24. The molecule has 0 bridgehead atoms. The van der Waals surface area contributed by atoms with Crippen LogP contribution in [-0.2, 0) is 9.53 Å². The van der Waals surface area contributed by atoms with E-state index in [1.807, 2.05) is 18.7 Å². The summed E-state index contributed by atoms with van der Waals surface area (Å²) in [5.74, 6) is 1.32. The van der Waals surface area contributed by atoms with Crippen molar-refractivity contribution in [1.29, 1.82) is 0 Å². The summed E-state index contributed by atoms with van der Waals surface area (Å²) in [5, 5.41) is 6.49. The Labute approximate surface area is 164 Å². The summed E-state index contributed by atoms with van der Waals surface area (Å²) in [6.45, 7) is 12.7. The quantitative estimate of drug-likeness (QED) is 0.319. The lowest BCUT2D eigenvalue weighted by molar-refractivity contribution is -0.128. The highest BCUT2D eigenvalue weighted by Crippen LogP contribution is 2.10. The Hall–Kier alpha value is -0.570. The van der Waals surface area contributed by atoms with Crippen LogP contribution in [0.4, 0.5) is 0 Å². The molecule has 0 aliphatic carbocycles. The number of nitrogens with one attached hydrogen (secondary N) is 2. The Balaban J connectivity index is 0.00000529. The van der Waals surface area contributed by atoms with Gasteiger partial charge in [0, 0.05) is 32.8 Å². The molecule has 0 aromatic heterocycles. The Bertz CT molecular complexity index is 372. The smallest absolute Gasteiger partial charge is 0.244 e. The van der Waals surface area contributed by atoms with Gasteiger partial charge in [-0.05, 0) is 39.0 Å². The molecule has 1 aliphatic heterocycles. The number of carbonyl (C=O) groups is 1. The van der Waals surface area contributed by atoms with Gasteiger partial charge in [-0.2, -0.15) is 0 Å². The van der Waals surface area contributed by atoms with Crippen molar-refractivity contribution in [3.8, 4) is 0 Å². The largest absolute Gasteiger partial charge is 0.378 e. The third-order valence-corrected chi connectivity index (χ3v) is 4.02. The lowest BCUT2D eigenvalue weighted by Gasteiger charge is -2.21. The summed E-state index contributed by atoms with van der Waals surface area (Å²) in [7, 11) is 0. The Morgan fingerprint density at radius 2 is 1.88 bits per heavy atom. The van der Waals surface area contributed by atoms with Crippen LogP contribution in [0.15, 0.2) is 4.99 Å². The number of carbonyl (C=O) groups excluding carboxylic acids is 1. The molecule has 1 atom stereocenters. The molecule has 1 saturated heterocycles. The number of hydrogen-bond acceptors (Lipinski definition) is 3. The van der Waals surface area contributed by atoms with Gasteiger partial charge in [-0.15, -0.1) is 24.0 Å². The van der Waals surface area contributed by atoms with Gasteiger partial charge < -0.3 is 20.3 Å². The zero-order chi connectivity index (χ0) is 17.1. The molecule has 0 saturated carbocycles. The molecule has 1 rings (SSSR count). The second-order valence-corrected chi connectivity index (χ2v) is 6.24. The van der Waals surface area contributed by atoms with Crippen molar-refractivity contribution in [3.05, 3.63) is 0 Å². The molecule has 0 spiro atoms. The molecular weight excluding hydrogens is 419 g/mol. The molecule has 142 valence electrons. The average Bonchev–Trinajstić information content (AvgIpc) is 3.05. The van der Waals surface area contributed by atoms with Crippen molar-refractivity contribution in [1.82, 2.24) is 15.5 Å². The molecular formula is C17H35IN4O2. The number of likely N-dealkylation sites (tertiary alicyclic amines) is 1. The van der Waals surface area contributed by atoms with Crippen molar-refractivity contribution in [3.63, 3.8) is 0 Å². The fourth-order valence-electron chi connectivity index (χ4n) is 2.71. The summed E-state index contributed by atoms with van der Waals surface area (Å²) in [6, 6.07) is 0. The first kappa shape index (κ1) is 23.4. The zero-order valence-corrected chi connectivity index (χ0v) is 18.0. The molecule has 0 aromatic carbocycles. The van der Waals surface area contributed by atoms with E-state index in [4.69, 9.17) is 4.74 Å². The predicted octanol–water partition coefficient (Wildman–Crippen LogP) is 2.23. The normalized spacial score (nSPS) is 16.0. The number of guanidine groups is 1. The van der Waals surface area contributed by atoms with E-state index in [1.54, 1.807) is 0 Å². The molecule has 6 nitrogen and oxygen atoms in total. The van der Waals surface area contributed by atoms with Gasteiger partial charge in [0.05, 0.1) is 6.10 Å². The number of nitrogens with zero attached hydrogens (tertiary/aromatic N) is 2. The van der Waals surface area contributed by atoms with Gasteiger partial charge in [-0.25, -0.2) is 4.99 Å². The monoisotopic (exact) mass is 454 g/mol. The van der Waals surface area contributed by atoms with Crippen molar-refractivity contribution in [2.24, 2.45) is 10.9 Å². The molecule has 1 fully saturated rings. The fraction of sp³-hybridized carbons (Fsp3) is 0.882. The van der Waals surface area contributed by atoms with Crippen LogP contribution in [0, 0.1) is 5.92 Å². The van der Waals surface area contributed by atoms with E-state index < -0.39 is 0 Å². The maximum Gasteiger partial charge on any atom is 0.244 e. The van der Waals surface area contributed by atoms with Crippen LogP contribution >= 0.6 is 24.0 Å². The van der Waals surface area contributed by atoms with Crippen molar-refractivity contribution >= 4 is 35.8 Å². The van der Waals surface area contributed by atoms with Crippen LogP contribution < -0.4 is 10.6 Å². The van der Waals surface area contributed by atoms with Gasteiger partial charge >= 0.3 is 0 Å². The van der Waals surface area contributed by atoms with E-state index in [0.29, 0.717) is 11.9 Å². The first-order chi connectivity index (χ1) is 11.1. The molecule has 24 heavy (non-hydrogen) atoms. The van der Waals surface area contributed by atoms with Crippen LogP contribution in [0.25, 0.3) is 0 Å². The van der Waals surface area contributed by atoms with Crippen LogP contribution in [0.5, 0.6) is 0 Å². The minimum atomic E-state index is 0. The maximum atomic E-state index is 12.1. The van der Waals surface area contributed by atoms with Crippen LogP contribution in [0.1, 0.15) is 47.0 Å². The molecule has 0 radical (unpaired) electrons. The Morgan fingerprint density at radius 1 is 1.21 bits per heavy atom. The summed E-state index contributed by atoms with van der Waals surface area (Å²) in [4.78, 5) is 18.4. The zero-order valence-electron chi connectivity index (χ0n) is 15.6. The van der Waals surface area contributed by atoms with E-state index in [1.165, 1.54) is 0 Å². The molecule has 1 heterocycles. The molecule has 2 N–H and O–H groups in total. The van der Waals surface area contributed by atoms with Gasteiger partial charge in [0.1, 0.15) is 6.54 Å². The van der Waals surface area contributed by atoms with Gasteiger partial charge in [0.2, 0.25) is 5.91 Å². The summed E-state index contributed by atoms with van der Waals surface area (Å²) >= 11 is 0. The Kier molecular flexibility index (Phi) is 13.4. The summed E-state index contributed by atoms with van der Waals surface area (Å²) < 4.78 is 5.75. The number of halogens is 1. The first-order valence-electron chi connectivity index (χ1n) is 9.00. The number of hydrogen-bond donors (Lipinski definition) is 2. The van der Waals surface area contributed by atoms with Gasteiger partial charge in [0.25, 0.3) is 0 Å². The molecule has 1 unspecified atom stereocenters. The number of aliphatic imine (C=N–C) groups is 1. The van der Waals surface area contributed by atoms with Crippen molar-refractivity contribution < 1.29 is 9.53 Å². The van der Waals surface area contributed by atoms with Crippen LogP contribution in [0.3, 0.4) is 0 Å². The highest BCUT2D eigenvalue weighted by Gasteiger charge is 2.17. The molecule has 1 amide bonds. The van der Waals surface area contributed by atoms with Crippen LogP contribution in [0.2, 0.25) is 0 Å². The fourth-order valence-corrected chi connectivity index (χ4v) is 2.71. The first-order valence-corrected chi connectivity index (χ1v) is 9.00. The molecule has 7 heteroatoms. The van der Waals surface area contributed by atoms with E-state index in [-0.39, 0.29) is 42.5 Å². The van der Waals surface area contributed by atoms with Crippen molar-refractivity contribution in [2.45, 2.75) is 53.1 Å². The van der Waals surface area contributed by atoms with Crippen molar-refractivity contribution in [2.75, 3.05) is 39.3 Å². The predicted molar refractivity (Wildman–Crippen MR) is 110 cm³/mol. The number of amides is 1. The molecule has 1 aliphatic rings. The van der Waals surface area contributed by atoms with Gasteiger partial charge in [-0.3, -0.25) is 4.79 Å². The van der Waals surface area contributed by atoms with E-state index in [2.05, 4.69) is 29.5 Å². The highest BCUT2D eigenvalue weighted by atomic mass is 127. The highest BCUT2D eigenvalue weighted by molar-refractivity contribution is 14.0. The average molecular weight is 454 g/mol. The second kappa shape index (κ2) is 13.7. The summed E-state index contributed by atoms with van der Waals surface area (Å²) in [5.41, 5.74) is 0. The lowest BCUT2D eigenvalue weighted by Crippen LogP contribution is -2.40. The third-order valence-electron chi connectivity index (χ3n) is 4.02. The number of ether oxygens (including phenoxy) is 1. The Morgan fingerprint density at radius 3 is 2.42 bits per heavy atom. The number of rotatable bonds is 9.